The number of hydrogen-bond acceptors (Lipinski definition) is 10. The van der Waals surface area contributed by atoms with Crippen molar-refractivity contribution in [2.45, 2.75) is 67.2 Å². The standard InChI is InChI=1S/C42H42N4O6/c1-19(2)31-25-13-23(7)33(39(49)35(25)27(37(47)41(31)51)17-45-29-11-9-21(5)15-43-29)34-24(8)14-26-32(20(3)4)42(52)38(48)28(36(26)40(34)50)18-46-30-12-10-22(6)16-44-30/h9-20,47-52H,1-8H3. The molecule has 4 aromatic carbocycles. The molecule has 10 nitrogen and oxygen atoms in total. The zero-order valence-electron chi connectivity index (χ0n) is 30.4. The maximum Gasteiger partial charge on any atom is 0.167 e. The van der Waals surface area contributed by atoms with Gasteiger partial charge in [0.1, 0.15) is 11.5 Å². The van der Waals surface area contributed by atoms with Crippen LogP contribution < -0.4 is 0 Å². The van der Waals surface area contributed by atoms with E-state index in [0.29, 0.717) is 44.7 Å². The van der Waals surface area contributed by atoms with E-state index in [4.69, 9.17) is 0 Å². The lowest BCUT2D eigenvalue weighted by Crippen LogP contribution is -2.01. The fourth-order valence-corrected chi connectivity index (χ4v) is 6.96. The number of aryl methyl sites for hydroxylation is 4. The highest BCUT2D eigenvalue weighted by molar-refractivity contribution is 6.15. The van der Waals surface area contributed by atoms with E-state index >= 15 is 0 Å². The molecule has 0 atom stereocenters. The van der Waals surface area contributed by atoms with Crippen molar-refractivity contribution < 1.29 is 30.6 Å². The molecule has 0 aliphatic rings. The highest BCUT2D eigenvalue weighted by atomic mass is 16.3. The molecule has 0 radical (unpaired) electrons. The Morgan fingerprint density at radius 2 is 0.885 bits per heavy atom. The van der Waals surface area contributed by atoms with E-state index in [9.17, 15) is 30.6 Å². The number of fused-ring (bicyclic) bond motifs is 2. The molecule has 52 heavy (non-hydrogen) atoms. The number of nitrogens with zero attached hydrogens (tertiary/aromatic N) is 4. The number of aliphatic imine (C=N–C) groups is 2. The highest BCUT2D eigenvalue weighted by Crippen LogP contribution is 2.54. The summed E-state index contributed by atoms with van der Waals surface area (Å²) in [4.78, 5) is 17.5. The molecule has 10 heteroatoms. The molecule has 0 spiro atoms. The van der Waals surface area contributed by atoms with E-state index in [1.807, 2.05) is 65.8 Å². The number of pyridine rings is 2. The molecular weight excluding hydrogens is 656 g/mol. The van der Waals surface area contributed by atoms with Crippen molar-refractivity contribution in [2.24, 2.45) is 9.98 Å². The van der Waals surface area contributed by atoms with Crippen molar-refractivity contribution in [1.29, 1.82) is 0 Å². The average Bonchev–Trinajstić information content (AvgIpc) is 3.08. The fraction of sp³-hybridized carbons (Fsp3) is 0.238. The average molecular weight is 699 g/mol. The fourth-order valence-electron chi connectivity index (χ4n) is 6.96. The number of aromatic hydroxyl groups is 6. The third-order valence-electron chi connectivity index (χ3n) is 9.43. The van der Waals surface area contributed by atoms with E-state index in [-0.39, 0.29) is 67.9 Å². The molecular formula is C42H42N4O6. The normalized spacial score (nSPS) is 12.1. The van der Waals surface area contributed by atoms with Crippen molar-refractivity contribution in [3.8, 4) is 45.6 Å². The number of hydrogen-bond donors (Lipinski definition) is 6. The Morgan fingerprint density at radius 3 is 1.19 bits per heavy atom. The van der Waals surface area contributed by atoms with Crippen molar-refractivity contribution in [2.75, 3.05) is 0 Å². The minimum absolute atomic E-state index is 0.0686. The van der Waals surface area contributed by atoms with Crippen LogP contribution in [0.3, 0.4) is 0 Å². The van der Waals surface area contributed by atoms with Gasteiger partial charge in [-0.25, -0.2) is 20.0 Å². The van der Waals surface area contributed by atoms with Crippen molar-refractivity contribution >= 4 is 45.6 Å². The summed E-state index contributed by atoms with van der Waals surface area (Å²) in [5.41, 5.74) is 4.59. The molecule has 0 saturated heterocycles. The minimum atomic E-state index is -0.457. The van der Waals surface area contributed by atoms with Gasteiger partial charge in [-0.15, -0.1) is 0 Å². The topological polar surface area (TPSA) is 172 Å². The first-order chi connectivity index (χ1) is 24.6. The monoisotopic (exact) mass is 698 g/mol. The second-order valence-electron chi connectivity index (χ2n) is 13.9. The SMILES string of the molecule is Cc1ccc(N=Cc2c(O)c(O)c(C(C)C)c3cc(C)c(-c4c(C)cc5c(C(C)C)c(O)c(O)c(C=Nc6ccc(C)cn6)c5c4O)c(O)c23)nc1. The summed E-state index contributed by atoms with van der Waals surface area (Å²) in [5, 5.41) is 71.4. The van der Waals surface area contributed by atoms with Crippen LogP contribution in [0.2, 0.25) is 0 Å². The molecule has 0 aliphatic carbocycles. The molecule has 2 aromatic heterocycles. The van der Waals surface area contributed by atoms with Gasteiger partial charge in [0.2, 0.25) is 0 Å². The maximum atomic E-state index is 12.3. The predicted molar refractivity (Wildman–Crippen MR) is 207 cm³/mol. The summed E-state index contributed by atoms with van der Waals surface area (Å²) in [5.74, 6) is -1.82. The number of benzene rings is 4. The molecule has 0 fully saturated rings. The number of aromatic nitrogens is 2. The van der Waals surface area contributed by atoms with Crippen LogP contribution >= 0.6 is 0 Å². The lowest BCUT2D eigenvalue weighted by Gasteiger charge is -2.23. The van der Waals surface area contributed by atoms with Gasteiger partial charge in [0, 0.05) is 57.8 Å². The zero-order valence-corrected chi connectivity index (χ0v) is 30.4. The van der Waals surface area contributed by atoms with Crippen LogP contribution in [0.1, 0.15) is 84.0 Å². The summed E-state index contributed by atoms with van der Waals surface area (Å²) >= 11 is 0. The zero-order chi connectivity index (χ0) is 37.8. The lowest BCUT2D eigenvalue weighted by molar-refractivity contribution is 0.398. The molecule has 6 N–H and O–H groups in total. The van der Waals surface area contributed by atoms with Crippen molar-refractivity contribution in [3.05, 3.63) is 93.3 Å². The third kappa shape index (κ3) is 6.00. The van der Waals surface area contributed by atoms with E-state index in [1.54, 1.807) is 38.4 Å². The Bertz CT molecular complexity index is 2280. The Balaban J connectivity index is 1.71. The van der Waals surface area contributed by atoms with Crippen LogP contribution in [0.15, 0.2) is 58.8 Å². The first-order valence-corrected chi connectivity index (χ1v) is 17.0. The second kappa shape index (κ2) is 13.5. The third-order valence-corrected chi connectivity index (χ3v) is 9.43. The second-order valence-corrected chi connectivity index (χ2v) is 13.9. The molecule has 0 bridgehead atoms. The van der Waals surface area contributed by atoms with Crippen LogP contribution in [0.4, 0.5) is 11.6 Å². The first kappa shape index (κ1) is 35.7. The summed E-state index contributed by atoms with van der Waals surface area (Å²) < 4.78 is 0. The van der Waals surface area contributed by atoms with Gasteiger partial charge in [-0.3, -0.25) is 0 Å². The molecule has 0 aliphatic heterocycles. The summed E-state index contributed by atoms with van der Waals surface area (Å²) in [6, 6.07) is 10.7. The smallest absolute Gasteiger partial charge is 0.167 e. The highest BCUT2D eigenvalue weighted by Gasteiger charge is 2.29. The van der Waals surface area contributed by atoms with E-state index in [1.165, 1.54) is 12.4 Å². The van der Waals surface area contributed by atoms with Gasteiger partial charge in [-0.2, -0.15) is 0 Å². The minimum Gasteiger partial charge on any atom is -0.507 e. The lowest BCUT2D eigenvalue weighted by atomic mass is 9.83. The summed E-state index contributed by atoms with van der Waals surface area (Å²) in [7, 11) is 0. The molecule has 266 valence electrons. The number of rotatable bonds is 7. The summed E-state index contributed by atoms with van der Waals surface area (Å²) in [6.07, 6.45) is 6.03. The molecule has 0 saturated carbocycles. The Morgan fingerprint density at radius 1 is 0.519 bits per heavy atom. The van der Waals surface area contributed by atoms with Gasteiger partial charge in [-0.05, 0) is 84.7 Å². The van der Waals surface area contributed by atoms with E-state index in [2.05, 4.69) is 20.0 Å². The Kier molecular flexibility index (Phi) is 9.27. The Labute approximate surface area is 301 Å². The Hall–Kier alpha value is -6.16. The van der Waals surface area contributed by atoms with Crippen LogP contribution in [-0.2, 0) is 0 Å². The summed E-state index contributed by atoms with van der Waals surface area (Å²) in [6.45, 7) is 14.9. The largest absolute Gasteiger partial charge is 0.507 e. The van der Waals surface area contributed by atoms with Gasteiger partial charge < -0.3 is 30.6 Å². The number of phenols is 6. The van der Waals surface area contributed by atoms with Crippen LogP contribution in [0.25, 0.3) is 32.7 Å². The van der Waals surface area contributed by atoms with Gasteiger partial charge in [0.15, 0.2) is 34.6 Å². The molecule has 6 rings (SSSR count). The van der Waals surface area contributed by atoms with Gasteiger partial charge in [-0.1, -0.05) is 52.0 Å². The first-order valence-electron chi connectivity index (χ1n) is 17.0. The number of phenolic OH excluding ortho intramolecular Hbond substituents is 6. The van der Waals surface area contributed by atoms with Gasteiger partial charge >= 0.3 is 0 Å². The van der Waals surface area contributed by atoms with Gasteiger partial charge in [0.05, 0.1) is 11.1 Å². The molecule has 0 amide bonds. The van der Waals surface area contributed by atoms with Crippen LogP contribution in [0.5, 0.6) is 34.5 Å². The van der Waals surface area contributed by atoms with Crippen molar-refractivity contribution in [3.63, 3.8) is 0 Å². The van der Waals surface area contributed by atoms with Crippen LogP contribution in [-0.4, -0.2) is 53.0 Å². The molecule has 2 heterocycles. The van der Waals surface area contributed by atoms with E-state index < -0.39 is 11.5 Å². The predicted octanol–water partition coefficient (Wildman–Crippen LogP) is 9.67. The van der Waals surface area contributed by atoms with Crippen LogP contribution in [0, 0.1) is 27.7 Å². The molecule has 6 aromatic rings. The van der Waals surface area contributed by atoms with Crippen molar-refractivity contribution in [1.82, 2.24) is 9.97 Å². The van der Waals surface area contributed by atoms with E-state index in [0.717, 1.165) is 11.1 Å². The van der Waals surface area contributed by atoms with Gasteiger partial charge in [0.25, 0.3) is 0 Å². The quantitative estimate of drug-likeness (QED) is 0.0706. The maximum absolute atomic E-state index is 12.3. The molecule has 0 unspecified atom stereocenters.